The van der Waals surface area contributed by atoms with E-state index in [0.29, 0.717) is 23.9 Å². The highest BCUT2D eigenvalue weighted by Crippen LogP contribution is 2.30. The first-order chi connectivity index (χ1) is 14.7. The number of anilines is 1. The molecule has 3 aliphatic rings. The molecule has 0 fully saturated rings. The molecule has 0 spiro atoms. The van der Waals surface area contributed by atoms with E-state index < -0.39 is 6.23 Å². The highest BCUT2D eigenvalue weighted by Gasteiger charge is 2.22. The molecular formula is C22H25N5O3. The van der Waals surface area contributed by atoms with Gasteiger partial charge in [0, 0.05) is 36.2 Å². The number of nitrogens with one attached hydrogen (secondary N) is 1. The Bertz CT molecular complexity index is 990. The van der Waals surface area contributed by atoms with Gasteiger partial charge in [-0.15, -0.1) is 0 Å². The fraction of sp³-hybridized carbons (Fsp3) is 0.364. The van der Waals surface area contributed by atoms with E-state index in [4.69, 9.17) is 19.5 Å². The third-order valence-corrected chi connectivity index (χ3v) is 5.10. The van der Waals surface area contributed by atoms with E-state index in [1.54, 1.807) is 20.4 Å². The normalized spacial score (nSPS) is 24.2. The smallest absolute Gasteiger partial charge is 0.223 e. The molecule has 0 amide bonds. The van der Waals surface area contributed by atoms with Crippen LogP contribution in [0.2, 0.25) is 0 Å². The van der Waals surface area contributed by atoms with Gasteiger partial charge in [0.05, 0.1) is 31.7 Å². The van der Waals surface area contributed by atoms with E-state index in [-0.39, 0.29) is 6.04 Å². The number of allylic oxidation sites excluding steroid dienone is 1. The van der Waals surface area contributed by atoms with Crippen molar-refractivity contribution < 1.29 is 14.6 Å². The predicted molar refractivity (Wildman–Crippen MR) is 119 cm³/mol. The minimum absolute atomic E-state index is 0.121. The highest BCUT2D eigenvalue weighted by molar-refractivity contribution is 6.53. The molecule has 156 valence electrons. The number of dihydropyridines is 1. The van der Waals surface area contributed by atoms with Crippen LogP contribution in [-0.4, -0.2) is 55.2 Å². The number of hydrogen-bond donors (Lipinski definition) is 2. The van der Waals surface area contributed by atoms with Crippen LogP contribution in [0.5, 0.6) is 11.5 Å². The van der Waals surface area contributed by atoms with Crippen LogP contribution in [0.25, 0.3) is 0 Å². The van der Waals surface area contributed by atoms with Crippen LogP contribution >= 0.6 is 0 Å². The van der Waals surface area contributed by atoms with Gasteiger partial charge in [0.25, 0.3) is 0 Å². The molecule has 2 N–H and O–H groups in total. The van der Waals surface area contributed by atoms with Gasteiger partial charge in [-0.3, -0.25) is 9.98 Å². The molecule has 2 unspecified atom stereocenters. The zero-order valence-electron chi connectivity index (χ0n) is 17.1. The van der Waals surface area contributed by atoms with E-state index in [1.165, 1.54) is 0 Å². The van der Waals surface area contributed by atoms with Gasteiger partial charge in [-0.25, -0.2) is 9.98 Å². The summed E-state index contributed by atoms with van der Waals surface area (Å²) in [6.07, 6.45) is 9.68. The van der Waals surface area contributed by atoms with Gasteiger partial charge in [0.1, 0.15) is 6.23 Å². The third kappa shape index (κ3) is 4.49. The maximum Gasteiger partial charge on any atom is 0.223 e. The average Bonchev–Trinajstić information content (AvgIpc) is 2.90. The van der Waals surface area contributed by atoms with Crippen LogP contribution in [0.15, 0.2) is 62.1 Å². The second-order valence-corrected chi connectivity index (χ2v) is 7.15. The van der Waals surface area contributed by atoms with Crippen LogP contribution < -0.4 is 14.8 Å². The Balaban J connectivity index is 1.66. The number of hydrogen-bond acceptors (Lipinski definition) is 8. The van der Waals surface area contributed by atoms with Gasteiger partial charge in [0.15, 0.2) is 11.5 Å². The molecular weight excluding hydrogens is 382 g/mol. The van der Waals surface area contributed by atoms with Crippen LogP contribution in [0.1, 0.15) is 25.7 Å². The number of guanidine groups is 1. The number of aliphatic hydroxyl groups excluding tert-OH is 1. The quantitative estimate of drug-likeness (QED) is 0.801. The lowest BCUT2D eigenvalue weighted by atomic mass is 9.98. The summed E-state index contributed by atoms with van der Waals surface area (Å²) in [4.78, 5) is 18.4. The molecule has 0 radical (unpaired) electrons. The van der Waals surface area contributed by atoms with Gasteiger partial charge in [-0.2, -0.15) is 0 Å². The highest BCUT2D eigenvalue weighted by atomic mass is 16.5. The fourth-order valence-corrected chi connectivity index (χ4v) is 3.53. The molecule has 4 rings (SSSR count). The van der Waals surface area contributed by atoms with Gasteiger partial charge >= 0.3 is 0 Å². The van der Waals surface area contributed by atoms with Crippen molar-refractivity contribution in [2.45, 2.75) is 38.0 Å². The average molecular weight is 407 g/mol. The lowest BCUT2D eigenvalue weighted by Crippen LogP contribution is -2.22. The van der Waals surface area contributed by atoms with Crippen molar-refractivity contribution in [3.8, 4) is 11.5 Å². The number of aliphatic hydroxyl groups is 1. The maximum absolute atomic E-state index is 9.66. The standard InChI is InChI=1S/C22H25N5O3/c1-29-18-9-7-16(12-19(18)30-2)26-22-25-15-4-3-11-23-21(17(27-22)8-6-15)14-5-10-20(28)24-13-14/h3,5,7,9,11-13,15,20,28H,4,6,8,10H2,1-2H3,(H,25,26)/b11-3-,23-21?. The first kappa shape index (κ1) is 20.0. The van der Waals surface area contributed by atoms with Crippen LogP contribution in [-0.2, 0) is 0 Å². The van der Waals surface area contributed by atoms with Crippen molar-refractivity contribution in [1.29, 1.82) is 0 Å². The van der Waals surface area contributed by atoms with Crippen molar-refractivity contribution in [2.24, 2.45) is 20.0 Å². The fourth-order valence-electron chi connectivity index (χ4n) is 3.53. The molecule has 8 heteroatoms. The Labute approximate surface area is 175 Å². The molecule has 30 heavy (non-hydrogen) atoms. The molecule has 3 aliphatic heterocycles. The molecule has 8 nitrogen and oxygen atoms in total. The lowest BCUT2D eigenvalue weighted by molar-refractivity contribution is 0.187. The number of aliphatic imine (C=N–C) groups is 4. The summed E-state index contributed by atoms with van der Waals surface area (Å²) in [5, 5.41) is 13.0. The van der Waals surface area contributed by atoms with Gasteiger partial charge in [-0.05, 0) is 31.4 Å². The van der Waals surface area contributed by atoms with Crippen molar-refractivity contribution in [3.05, 3.63) is 42.1 Å². The Morgan fingerprint density at radius 2 is 2.00 bits per heavy atom. The van der Waals surface area contributed by atoms with E-state index in [9.17, 15) is 5.11 Å². The van der Waals surface area contributed by atoms with E-state index >= 15 is 0 Å². The molecule has 0 aliphatic carbocycles. The molecule has 0 aromatic heterocycles. The number of ether oxygens (including phenoxy) is 2. The topological polar surface area (TPSA) is 100 Å². The Morgan fingerprint density at radius 3 is 2.77 bits per heavy atom. The van der Waals surface area contributed by atoms with Crippen LogP contribution in [0, 0.1) is 0 Å². The third-order valence-electron chi connectivity index (χ3n) is 5.10. The summed E-state index contributed by atoms with van der Waals surface area (Å²) in [5.74, 6) is 1.83. The summed E-state index contributed by atoms with van der Waals surface area (Å²) in [6.45, 7) is 0. The molecule has 2 bridgehead atoms. The minimum Gasteiger partial charge on any atom is -0.493 e. The molecule has 0 saturated heterocycles. The first-order valence-electron chi connectivity index (χ1n) is 9.95. The summed E-state index contributed by atoms with van der Waals surface area (Å²) in [5.41, 5.74) is 3.30. The molecule has 1 aromatic rings. The summed E-state index contributed by atoms with van der Waals surface area (Å²) >= 11 is 0. The number of rotatable bonds is 4. The SMILES string of the molecule is COc1ccc(NC2=NC3C/C=C\N=C(C4=CCC(O)N=C4)C(=N2)CC3)cc1OC. The van der Waals surface area contributed by atoms with E-state index in [0.717, 1.165) is 41.9 Å². The molecule has 2 atom stereocenters. The first-order valence-corrected chi connectivity index (χ1v) is 9.95. The van der Waals surface area contributed by atoms with Crippen molar-refractivity contribution in [1.82, 2.24) is 0 Å². The molecule has 3 heterocycles. The summed E-state index contributed by atoms with van der Waals surface area (Å²) in [6, 6.07) is 5.72. The molecule has 0 saturated carbocycles. The zero-order chi connectivity index (χ0) is 20.9. The largest absolute Gasteiger partial charge is 0.493 e. The summed E-state index contributed by atoms with van der Waals surface area (Å²) < 4.78 is 10.7. The Kier molecular flexibility index (Phi) is 6.04. The Morgan fingerprint density at radius 1 is 1.13 bits per heavy atom. The maximum atomic E-state index is 9.66. The summed E-state index contributed by atoms with van der Waals surface area (Å²) in [7, 11) is 3.21. The van der Waals surface area contributed by atoms with Crippen LogP contribution in [0.4, 0.5) is 5.69 Å². The van der Waals surface area contributed by atoms with Gasteiger partial charge in [-0.1, -0.05) is 12.2 Å². The Hall–Kier alpha value is -3.26. The number of benzene rings is 1. The second kappa shape index (κ2) is 9.04. The van der Waals surface area contributed by atoms with Crippen molar-refractivity contribution >= 4 is 29.3 Å². The van der Waals surface area contributed by atoms with Crippen molar-refractivity contribution in [3.63, 3.8) is 0 Å². The monoisotopic (exact) mass is 407 g/mol. The minimum atomic E-state index is -0.689. The van der Waals surface area contributed by atoms with Gasteiger partial charge in [0.2, 0.25) is 5.96 Å². The number of methoxy groups -OCH3 is 2. The van der Waals surface area contributed by atoms with Crippen molar-refractivity contribution in [2.75, 3.05) is 19.5 Å². The van der Waals surface area contributed by atoms with Gasteiger partial charge < -0.3 is 19.9 Å². The zero-order valence-corrected chi connectivity index (χ0v) is 17.1. The van der Waals surface area contributed by atoms with Crippen LogP contribution in [0.3, 0.4) is 0 Å². The predicted octanol–water partition coefficient (Wildman–Crippen LogP) is 3.15. The lowest BCUT2D eigenvalue weighted by Gasteiger charge is -2.14. The number of nitrogens with zero attached hydrogens (tertiary/aromatic N) is 4. The number of fused-ring (bicyclic) bond motifs is 3. The molecule has 1 aromatic carbocycles. The van der Waals surface area contributed by atoms with E-state index in [2.05, 4.69) is 15.3 Å². The second-order valence-electron chi connectivity index (χ2n) is 7.15. The van der Waals surface area contributed by atoms with E-state index in [1.807, 2.05) is 36.6 Å².